The molecule has 0 radical (unpaired) electrons. The van der Waals surface area contributed by atoms with Gasteiger partial charge in [0, 0.05) is 13.1 Å². The van der Waals surface area contributed by atoms with Gasteiger partial charge in [-0.1, -0.05) is 24.3 Å². The Morgan fingerprint density at radius 1 is 0.864 bits per heavy atom. The van der Waals surface area contributed by atoms with Gasteiger partial charge in [-0.2, -0.15) is 0 Å². The van der Waals surface area contributed by atoms with E-state index in [4.69, 9.17) is 9.47 Å². The molecule has 0 N–H and O–H groups in total. The lowest BCUT2D eigenvalue weighted by Gasteiger charge is -2.17. The molecule has 0 saturated heterocycles. The largest absolute Gasteiger partial charge is 0.497 e. The Hall–Kier alpha value is -2.00. The molecule has 2 rings (SSSR count). The van der Waals surface area contributed by atoms with E-state index < -0.39 is 0 Å². The lowest BCUT2D eigenvalue weighted by atomic mass is 10.1. The molecule has 0 saturated carbocycles. The predicted molar refractivity (Wildman–Crippen MR) is 90.6 cm³/mol. The summed E-state index contributed by atoms with van der Waals surface area (Å²) in [6, 6.07) is 16.6. The lowest BCUT2D eigenvalue weighted by molar-refractivity contribution is 0.328. The van der Waals surface area contributed by atoms with Crippen LogP contribution in [0.5, 0.6) is 11.5 Å². The van der Waals surface area contributed by atoms with Crippen molar-refractivity contribution in [2.75, 3.05) is 27.3 Å². The highest BCUT2D eigenvalue weighted by Crippen LogP contribution is 2.14. The van der Waals surface area contributed by atoms with Crippen LogP contribution >= 0.6 is 0 Å². The number of rotatable bonds is 8. The first-order chi connectivity index (χ1) is 10.7. The van der Waals surface area contributed by atoms with Crippen LogP contribution in [0.1, 0.15) is 18.1 Å². The van der Waals surface area contributed by atoms with Gasteiger partial charge in [0.15, 0.2) is 0 Å². The zero-order valence-electron chi connectivity index (χ0n) is 13.7. The minimum absolute atomic E-state index is 0.709. The number of benzene rings is 2. The summed E-state index contributed by atoms with van der Waals surface area (Å²) in [4.78, 5) is 2.33. The van der Waals surface area contributed by atoms with Crippen molar-refractivity contribution in [3.63, 3.8) is 0 Å². The highest BCUT2D eigenvalue weighted by molar-refractivity contribution is 5.28. The number of nitrogens with zero attached hydrogens (tertiary/aromatic N) is 1. The third-order valence-electron chi connectivity index (χ3n) is 3.63. The molecule has 0 aliphatic rings. The average Bonchev–Trinajstić information content (AvgIpc) is 2.55. The SMILES string of the molecule is CCOc1ccc(CN(C)CCc2ccc(OC)cc2)cc1. The number of methoxy groups -OCH3 is 1. The van der Waals surface area contributed by atoms with Gasteiger partial charge in [0.05, 0.1) is 13.7 Å². The highest BCUT2D eigenvalue weighted by atomic mass is 16.5. The highest BCUT2D eigenvalue weighted by Gasteiger charge is 2.02. The molecule has 0 atom stereocenters. The number of hydrogen-bond acceptors (Lipinski definition) is 3. The molecule has 0 heterocycles. The molecule has 0 amide bonds. The summed E-state index contributed by atoms with van der Waals surface area (Å²) in [5.74, 6) is 1.85. The maximum absolute atomic E-state index is 5.47. The Morgan fingerprint density at radius 2 is 1.45 bits per heavy atom. The molecule has 0 fully saturated rings. The van der Waals surface area contributed by atoms with Crippen molar-refractivity contribution in [1.29, 1.82) is 0 Å². The molecule has 0 bridgehead atoms. The first kappa shape index (κ1) is 16.4. The zero-order valence-corrected chi connectivity index (χ0v) is 13.7. The molecule has 0 aromatic heterocycles. The number of hydrogen-bond donors (Lipinski definition) is 0. The number of likely N-dealkylation sites (N-methyl/N-ethyl adjacent to an activating group) is 1. The van der Waals surface area contributed by atoms with E-state index in [0.717, 1.165) is 31.0 Å². The van der Waals surface area contributed by atoms with Gasteiger partial charge in [0.2, 0.25) is 0 Å². The number of ether oxygens (including phenoxy) is 2. The van der Waals surface area contributed by atoms with Crippen LogP contribution in [0.2, 0.25) is 0 Å². The minimum Gasteiger partial charge on any atom is -0.497 e. The average molecular weight is 299 g/mol. The van der Waals surface area contributed by atoms with Crippen molar-refractivity contribution in [2.45, 2.75) is 19.9 Å². The third kappa shape index (κ3) is 5.08. The van der Waals surface area contributed by atoms with Gasteiger partial charge in [-0.25, -0.2) is 0 Å². The van der Waals surface area contributed by atoms with Crippen LogP contribution in [-0.4, -0.2) is 32.2 Å². The van der Waals surface area contributed by atoms with Crippen LogP contribution in [-0.2, 0) is 13.0 Å². The van der Waals surface area contributed by atoms with E-state index in [2.05, 4.69) is 36.2 Å². The molecule has 3 heteroatoms. The van der Waals surface area contributed by atoms with Crippen LogP contribution in [0.25, 0.3) is 0 Å². The van der Waals surface area contributed by atoms with Crippen LogP contribution in [0.15, 0.2) is 48.5 Å². The second-order valence-corrected chi connectivity index (χ2v) is 5.41. The monoisotopic (exact) mass is 299 g/mol. The van der Waals surface area contributed by atoms with Crippen LogP contribution < -0.4 is 9.47 Å². The van der Waals surface area contributed by atoms with Crippen molar-refractivity contribution in [3.8, 4) is 11.5 Å². The second kappa shape index (κ2) is 8.44. The first-order valence-electron chi connectivity index (χ1n) is 7.74. The lowest BCUT2D eigenvalue weighted by Crippen LogP contribution is -2.20. The Bertz CT molecular complexity index is 549. The Balaban J connectivity index is 1.80. The second-order valence-electron chi connectivity index (χ2n) is 5.41. The van der Waals surface area contributed by atoms with Gasteiger partial charge in [-0.15, -0.1) is 0 Å². The van der Waals surface area contributed by atoms with Crippen molar-refractivity contribution < 1.29 is 9.47 Å². The summed E-state index contributed by atoms with van der Waals surface area (Å²) in [7, 11) is 3.85. The van der Waals surface area contributed by atoms with Crippen molar-refractivity contribution in [1.82, 2.24) is 4.90 Å². The van der Waals surface area contributed by atoms with Gasteiger partial charge in [-0.3, -0.25) is 0 Å². The fourth-order valence-corrected chi connectivity index (χ4v) is 2.36. The van der Waals surface area contributed by atoms with Crippen molar-refractivity contribution >= 4 is 0 Å². The first-order valence-corrected chi connectivity index (χ1v) is 7.74. The van der Waals surface area contributed by atoms with Crippen molar-refractivity contribution in [3.05, 3.63) is 59.7 Å². The summed E-state index contributed by atoms with van der Waals surface area (Å²) < 4.78 is 10.6. The third-order valence-corrected chi connectivity index (χ3v) is 3.63. The standard InChI is InChI=1S/C19H25NO2/c1-4-22-19-11-7-17(8-12-19)15-20(2)14-13-16-5-9-18(21-3)10-6-16/h5-12H,4,13-15H2,1-3H3. The molecule has 118 valence electrons. The van der Waals surface area contributed by atoms with Gasteiger partial charge < -0.3 is 14.4 Å². The molecule has 2 aromatic carbocycles. The van der Waals surface area contributed by atoms with E-state index >= 15 is 0 Å². The Labute approximate surface area is 133 Å². The van der Waals surface area contributed by atoms with Crippen LogP contribution in [0, 0.1) is 0 Å². The molecule has 0 unspecified atom stereocenters. The predicted octanol–water partition coefficient (Wildman–Crippen LogP) is 3.77. The van der Waals surface area contributed by atoms with E-state index in [1.165, 1.54) is 11.1 Å². The molecule has 22 heavy (non-hydrogen) atoms. The van der Waals surface area contributed by atoms with Crippen molar-refractivity contribution in [2.24, 2.45) is 0 Å². The van der Waals surface area contributed by atoms with Gasteiger partial charge in [0.25, 0.3) is 0 Å². The van der Waals surface area contributed by atoms with E-state index in [-0.39, 0.29) is 0 Å². The fraction of sp³-hybridized carbons (Fsp3) is 0.368. The quantitative estimate of drug-likeness (QED) is 0.740. The van der Waals surface area contributed by atoms with E-state index in [9.17, 15) is 0 Å². The van der Waals surface area contributed by atoms with Crippen LogP contribution in [0.4, 0.5) is 0 Å². The maximum atomic E-state index is 5.47. The minimum atomic E-state index is 0.709. The van der Waals surface area contributed by atoms with E-state index in [0.29, 0.717) is 6.61 Å². The summed E-state index contributed by atoms with van der Waals surface area (Å²) in [6.07, 6.45) is 1.04. The summed E-state index contributed by atoms with van der Waals surface area (Å²) in [5.41, 5.74) is 2.64. The Morgan fingerprint density at radius 3 is 2.05 bits per heavy atom. The molecule has 3 nitrogen and oxygen atoms in total. The van der Waals surface area contributed by atoms with E-state index in [1.807, 2.05) is 31.2 Å². The topological polar surface area (TPSA) is 21.7 Å². The molecule has 0 spiro atoms. The van der Waals surface area contributed by atoms with E-state index in [1.54, 1.807) is 7.11 Å². The Kier molecular flexibility index (Phi) is 6.28. The molecule has 0 aliphatic carbocycles. The smallest absolute Gasteiger partial charge is 0.119 e. The molecule has 0 aliphatic heterocycles. The molecular formula is C19H25NO2. The van der Waals surface area contributed by atoms with Gasteiger partial charge in [0.1, 0.15) is 11.5 Å². The van der Waals surface area contributed by atoms with Gasteiger partial charge in [-0.05, 0) is 55.8 Å². The normalized spacial score (nSPS) is 10.7. The maximum Gasteiger partial charge on any atom is 0.119 e. The van der Waals surface area contributed by atoms with Gasteiger partial charge >= 0.3 is 0 Å². The fourth-order valence-electron chi connectivity index (χ4n) is 2.36. The molecular weight excluding hydrogens is 274 g/mol. The zero-order chi connectivity index (χ0) is 15.8. The molecule has 2 aromatic rings. The summed E-state index contributed by atoms with van der Waals surface area (Å²) >= 11 is 0. The summed E-state index contributed by atoms with van der Waals surface area (Å²) in [6.45, 7) is 4.68. The van der Waals surface area contributed by atoms with Crippen LogP contribution in [0.3, 0.4) is 0 Å². The summed E-state index contributed by atoms with van der Waals surface area (Å²) in [5, 5.41) is 0.